The van der Waals surface area contributed by atoms with Crippen molar-refractivity contribution in [1.29, 1.82) is 0 Å². The molecule has 11 heavy (non-hydrogen) atoms. The molecule has 0 saturated heterocycles. The van der Waals surface area contributed by atoms with Crippen LogP contribution < -0.4 is 0 Å². The van der Waals surface area contributed by atoms with Gasteiger partial charge in [0.05, 0.1) is 6.61 Å². The molecule has 66 valence electrons. The molecular weight excluding hydrogens is 144 g/mol. The quantitative estimate of drug-likeness (QED) is 0.321. The van der Waals surface area contributed by atoms with Crippen LogP contribution >= 0.6 is 0 Å². The van der Waals surface area contributed by atoms with E-state index in [1.54, 1.807) is 13.2 Å². The van der Waals surface area contributed by atoms with Crippen molar-refractivity contribution in [3.8, 4) is 0 Å². The van der Waals surface area contributed by atoms with Crippen LogP contribution in [0, 0.1) is 0 Å². The van der Waals surface area contributed by atoms with E-state index < -0.39 is 6.48 Å². The molecule has 0 amide bonds. The van der Waals surface area contributed by atoms with E-state index in [1.165, 1.54) is 0 Å². The molecule has 0 radical (unpaired) electrons. The molecule has 0 aromatic rings. The van der Waals surface area contributed by atoms with E-state index in [9.17, 15) is 0 Å². The van der Waals surface area contributed by atoms with Crippen molar-refractivity contribution < 1.29 is 14.2 Å². The average molecular weight is 160 g/mol. The number of methoxy groups -OCH3 is 1. The molecule has 1 unspecified atom stereocenters. The molecular formula is C8H16O3. The van der Waals surface area contributed by atoms with E-state index in [-0.39, 0.29) is 0 Å². The summed E-state index contributed by atoms with van der Waals surface area (Å²) in [6.45, 7) is 6.11. The third-order valence-corrected chi connectivity index (χ3v) is 1.07. The van der Waals surface area contributed by atoms with Gasteiger partial charge in [-0.1, -0.05) is 6.08 Å². The van der Waals surface area contributed by atoms with Crippen molar-refractivity contribution in [2.24, 2.45) is 0 Å². The fourth-order valence-corrected chi connectivity index (χ4v) is 0.568. The SMILES string of the molecule is C=CCCOC(OC)OCC. The van der Waals surface area contributed by atoms with Gasteiger partial charge in [0.15, 0.2) is 0 Å². The lowest BCUT2D eigenvalue weighted by atomic mass is 10.5. The lowest BCUT2D eigenvalue weighted by molar-refractivity contribution is -0.274. The zero-order valence-electron chi connectivity index (χ0n) is 7.21. The number of rotatable bonds is 7. The van der Waals surface area contributed by atoms with Crippen molar-refractivity contribution in [1.82, 2.24) is 0 Å². The zero-order chi connectivity index (χ0) is 8.53. The van der Waals surface area contributed by atoms with E-state index in [1.807, 2.05) is 6.92 Å². The Morgan fingerprint density at radius 3 is 2.64 bits per heavy atom. The maximum absolute atomic E-state index is 5.16. The summed E-state index contributed by atoms with van der Waals surface area (Å²) in [6.07, 6.45) is 2.60. The van der Waals surface area contributed by atoms with Crippen LogP contribution in [0.3, 0.4) is 0 Å². The fraction of sp³-hybridized carbons (Fsp3) is 0.750. The standard InChI is InChI=1S/C8H16O3/c1-4-6-7-11-8(9-3)10-5-2/h4,8H,1,5-7H2,2-3H3. The Hall–Kier alpha value is -0.380. The minimum absolute atomic E-state index is 0.528. The number of ether oxygens (including phenoxy) is 3. The molecule has 0 fully saturated rings. The van der Waals surface area contributed by atoms with E-state index in [4.69, 9.17) is 14.2 Å². The molecule has 0 heterocycles. The average Bonchev–Trinajstić information content (AvgIpc) is 2.03. The molecule has 0 rings (SSSR count). The summed E-state index contributed by atoms with van der Waals surface area (Å²) < 4.78 is 15.1. The number of hydrogen-bond acceptors (Lipinski definition) is 3. The third kappa shape index (κ3) is 6.04. The van der Waals surface area contributed by atoms with Crippen molar-refractivity contribution in [2.75, 3.05) is 20.3 Å². The fourth-order valence-electron chi connectivity index (χ4n) is 0.568. The Bertz CT molecular complexity index is 93.3. The second-order valence-corrected chi connectivity index (χ2v) is 1.93. The summed E-state index contributed by atoms with van der Waals surface area (Å²) in [5.41, 5.74) is 0. The maximum Gasteiger partial charge on any atom is 0.271 e. The second-order valence-electron chi connectivity index (χ2n) is 1.93. The van der Waals surface area contributed by atoms with Crippen LogP contribution in [0.4, 0.5) is 0 Å². The molecule has 0 aromatic heterocycles. The van der Waals surface area contributed by atoms with Crippen molar-refractivity contribution in [3.63, 3.8) is 0 Å². The minimum atomic E-state index is -0.528. The smallest absolute Gasteiger partial charge is 0.271 e. The van der Waals surface area contributed by atoms with Crippen LogP contribution in [-0.4, -0.2) is 26.8 Å². The molecule has 0 aliphatic heterocycles. The Kier molecular flexibility index (Phi) is 7.46. The summed E-state index contributed by atoms with van der Waals surface area (Å²) in [5.74, 6) is 0. The Morgan fingerprint density at radius 2 is 2.18 bits per heavy atom. The predicted octanol–water partition coefficient (Wildman–Crippen LogP) is 1.55. The molecule has 0 aliphatic carbocycles. The first kappa shape index (κ1) is 10.6. The Balaban J connectivity index is 3.27. The number of hydrogen-bond donors (Lipinski definition) is 0. The van der Waals surface area contributed by atoms with Gasteiger partial charge in [-0.3, -0.25) is 0 Å². The molecule has 0 N–H and O–H groups in total. The molecule has 0 aliphatic rings. The van der Waals surface area contributed by atoms with Gasteiger partial charge in [0, 0.05) is 13.7 Å². The van der Waals surface area contributed by atoms with Crippen LogP contribution in [-0.2, 0) is 14.2 Å². The van der Waals surface area contributed by atoms with Gasteiger partial charge in [-0.05, 0) is 13.3 Å². The molecule has 0 saturated carbocycles. The van der Waals surface area contributed by atoms with Gasteiger partial charge >= 0.3 is 0 Å². The normalized spacial score (nSPS) is 12.9. The van der Waals surface area contributed by atoms with E-state index in [0.717, 1.165) is 6.42 Å². The van der Waals surface area contributed by atoms with E-state index >= 15 is 0 Å². The highest BCUT2D eigenvalue weighted by atomic mass is 16.8. The monoisotopic (exact) mass is 160 g/mol. The van der Waals surface area contributed by atoms with Gasteiger partial charge in [0.25, 0.3) is 6.48 Å². The second kappa shape index (κ2) is 7.72. The molecule has 1 atom stereocenters. The van der Waals surface area contributed by atoms with Crippen molar-refractivity contribution in [3.05, 3.63) is 12.7 Å². The summed E-state index contributed by atoms with van der Waals surface area (Å²) in [7, 11) is 1.55. The highest BCUT2D eigenvalue weighted by Crippen LogP contribution is 1.96. The van der Waals surface area contributed by atoms with E-state index in [2.05, 4.69) is 6.58 Å². The molecule has 0 spiro atoms. The van der Waals surface area contributed by atoms with Gasteiger partial charge in [-0.25, -0.2) is 0 Å². The third-order valence-electron chi connectivity index (χ3n) is 1.07. The minimum Gasteiger partial charge on any atom is -0.333 e. The molecule has 3 heteroatoms. The van der Waals surface area contributed by atoms with Crippen LogP contribution in [0.1, 0.15) is 13.3 Å². The first-order valence-electron chi connectivity index (χ1n) is 3.72. The highest BCUT2D eigenvalue weighted by Gasteiger charge is 2.03. The first-order chi connectivity index (χ1) is 5.35. The summed E-state index contributed by atoms with van der Waals surface area (Å²) >= 11 is 0. The maximum atomic E-state index is 5.16. The van der Waals surface area contributed by atoms with Crippen LogP contribution in [0.5, 0.6) is 0 Å². The predicted molar refractivity (Wildman–Crippen MR) is 43.2 cm³/mol. The summed E-state index contributed by atoms with van der Waals surface area (Å²) in [5, 5.41) is 0. The van der Waals surface area contributed by atoms with Crippen LogP contribution in [0.25, 0.3) is 0 Å². The van der Waals surface area contributed by atoms with Gasteiger partial charge in [-0.15, -0.1) is 6.58 Å². The lowest BCUT2D eigenvalue weighted by Gasteiger charge is -2.14. The van der Waals surface area contributed by atoms with Crippen molar-refractivity contribution >= 4 is 0 Å². The Labute approximate surface area is 67.9 Å². The van der Waals surface area contributed by atoms with Crippen molar-refractivity contribution in [2.45, 2.75) is 19.8 Å². The highest BCUT2D eigenvalue weighted by molar-refractivity contribution is 4.64. The molecule has 3 nitrogen and oxygen atoms in total. The largest absolute Gasteiger partial charge is 0.333 e. The van der Waals surface area contributed by atoms with Crippen LogP contribution in [0.15, 0.2) is 12.7 Å². The first-order valence-corrected chi connectivity index (χ1v) is 3.72. The van der Waals surface area contributed by atoms with Gasteiger partial charge < -0.3 is 14.2 Å². The van der Waals surface area contributed by atoms with Gasteiger partial charge in [0.1, 0.15) is 0 Å². The zero-order valence-corrected chi connectivity index (χ0v) is 7.21. The van der Waals surface area contributed by atoms with Gasteiger partial charge in [0.2, 0.25) is 0 Å². The molecule has 0 aromatic carbocycles. The van der Waals surface area contributed by atoms with Crippen LogP contribution in [0.2, 0.25) is 0 Å². The topological polar surface area (TPSA) is 27.7 Å². The summed E-state index contributed by atoms with van der Waals surface area (Å²) in [6, 6.07) is 0. The summed E-state index contributed by atoms with van der Waals surface area (Å²) in [4.78, 5) is 0. The Morgan fingerprint density at radius 1 is 1.45 bits per heavy atom. The van der Waals surface area contributed by atoms with Gasteiger partial charge in [-0.2, -0.15) is 0 Å². The molecule has 0 bridgehead atoms. The lowest BCUT2D eigenvalue weighted by Crippen LogP contribution is -2.19. The van der Waals surface area contributed by atoms with E-state index in [0.29, 0.717) is 13.2 Å².